The van der Waals surface area contributed by atoms with Crippen LogP contribution in [0.15, 0.2) is 69.3 Å². The van der Waals surface area contributed by atoms with E-state index in [-0.39, 0.29) is 23.1 Å². The molecule has 11 heteroatoms. The summed E-state index contributed by atoms with van der Waals surface area (Å²) in [5, 5.41) is 5.43. The molecule has 4 N–H and O–H groups in total. The Morgan fingerprint density at radius 2 is 1.86 bits per heavy atom. The maximum absolute atomic E-state index is 13.2. The normalized spacial score (nSPS) is 19.4. The van der Waals surface area contributed by atoms with Crippen LogP contribution in [0.1, 0.15) is 0 Å². The van der Waals surface area contributed by atoms with Crippen LogP contribution in [0.2, 0.25) is 0 Å². The van der Waals surface area contributed by atoms with Gasteiger partial charge in [-0.2, -0.15) is 0 Å². The van der Waals surface area contributed by atoms with E-state index < -0.39 is 5.25 Å². The first-order valence-electron chi connectivity index (χ1n) is 11.5. The van der Waals surface area contributed by atoms with E-state index in [1.807, 2.05) is 12.1 Å². The highest BCUT2D eigenvalue weighted by Crippen LogP contribution is 2.35. The molecule has 1 fully saturated rings. The van der Waals surface area contributed by atoms with E-state index in [0.29, 0.717) is 48.5 Å². The number of nitrogens with two attached hydrogens (primary N) is 1. The SMILES string of the molecule is COc1ccc(N=C2S[C@@H](C(=O)Nc3ccc(Br)cc3)C(N)=C2C(=O)NCCN2CCOCC2)cc1. The van der Waals surface area contributed by atoms with Crippen molar-refractivity contribution in [2.45, 2.75) is 5.25 Å². The summed E-state index contributed by atoms with van der Waals surface area (Å²) in [5.74, 6) is 0.0266. The van der Waals surface area contributed by atoms with E-state index in [4.69, 9.17) is 15.2 Å². The molecule has 2 aliphatic rings. The predicted octanol–water partition coefficient (Wildman–Crippen LogP) is 2.90. The van der Waals surface area contributed by atoms with Crippen LogP contribution in [0.3, 0.4) is 0 Å². The van der Waals surface area contributed by atoms with Crippen molar-refractivity contribution < 1.29 is 19.1 Å². The fraction of sp³-hybridized carbons (Fsp3) is 0.320. The number of carbonyl (C=O) groups excluding carboxylic acids is 2. The van der Waals surface area contributed by atoms with Crippen LogP contribution < -0.4 is 21.1 Å². The van der Waals surface area contributed by atoms with E-state index in [9.17, 15) is 9.59 Å². The lowest BCUT2D eigenvalue weighted by Crippen LogP contribution is -2.42. The number of thioether (sulfide) groups is 1. The van der Waals surface area contributed by atoms with Crippen molar-refractivity contribution in [2.75, 3.05) is 51.8 Å². The van der Waals surface area contributed by atoms with Crippen LogP contribution in [0, 0.1) is 0 Å². The predicted molar refractivity (Wildman–Crippen MR) is 146 cm³/mol. The van der Waals surface area contributed by atoms with Gasteiger partial charge in [-0.1, -0.05) is 27.7 Å². The zero-order valence-corrected chi connectivity index (χ0v) is 22.2. The topological polar surface area (TPSA) is 118 Å². The number of ether oxygens (including phenoxy) is 2. The van der Waals surface area contributed by atoms with Gasteiger partial charge < -0.3 is 25.8 Å². The number of nitrogens with one attached hydrogen (secondary N) is 2. The van der Waals surface area contributed by atoms with E-state index >= 15 is 0 Å². The van der Waals surface area contributed by atoms with E-state index in [0.717, 1.165) is 29.3 Å². The van der Waals surface area contributed by atoms with Crippen LogP contribution in [0.25, 0.3) is 0 Å². The number of halogens is 1. The summed E-state index contributed by atoms with van der Waals surface area (Å²) < 4.78 is 11.5. The summed E-state index contributed by atoms with van der Waals surface area (Å²) >= 11 is 4.55. The molecule has 0 saturated carbocycles. The summed E-state index contributed by atoms with van der Waals surface area (Å²) in [7, 11) is 1.59. The second-order valence-electron chi connectivity index (χ2n) is 8.15. The van der Waals surface area contributed by atoms with Gasteiger partial charge in [0.15, 0.2) is 0 Å². The largest absolute Gasteiger partial charge is 0.497 e. The van der Waals surface area contributed by atoms with Gasteiger partial charge in [0.25, 0.3) is 5.91 Å². The second-order valence-corrected chi connectivity index (χ2v) is 10.2. The van der Waals surface area contributed by atoms with Crippen LogP contribution in [-0.2, 0) is 14.3 Å². The molecule has 1 saturated heterocycles. The number of anilines is 1. The number of hydrogen-bond acceptors (Lipinski definition) is 8. The van der Waals surface area contributed by atoms with Gasteiger partial charge in [-0.05, 0) is 48.5 Å². The Bertz CT molecular complexity index is 1150. The highest BCUT2D eigenvalue weighted by molar-refractivity contribution is 9.10. The van der Waals surface area contributed by atoms with Crippen LogP contribution in [0.5, 0.6) is 5.75 Å². The number of hydrogen-bond donors (Lipinski definition) is 3. The second kappa shape index (κ2) is 12.4. The number of benzene rings is 2. The van der Waals surface area contributed by atoms with Crippen molar-refractivity contribution in [1.29, 1.82) is 0 Å². The van der Waals surface area contributed by atoms with Gasteiger partial charge in [0, 0.05) is 42.0 Å². The van der Waals surface area contributed by atoms with Gasteiger partial charge in [0.2, 0.25) is 5.91 Å². The molecule has 2 amide bonds. The molecule has 0 unspecified atom stereocenters. The van der Waals surface area contributed by atoms with Gasteiger partial charge in [-0.15, -0.1) is 0 Å². The molecular weight excluding hydrogens is 546 g/mol. The molecule has 36 heavy (non-hydrogen) atoms. The van der Waals surface area contributed by atoms with E-state index in [1.165, 1.54) is 0 Å². The third kappa shape index (κ3) is 6.67. The molecule has 190 valence electrons. The summed E-state index contributed by atoms with van der Waals surface area (Å²) in [5.41, 5.74) is 8.08. The zero-order valence-electron chi connectivity index (χ0n) is 19.8. The smallest absolute Gasteiger partial charge is 0.255 e. The first-order chi connectivity index (χ1) is 17.4. The average molecular weight is 575 g/mol. The highest BCUT2D eigenvalue weighted by Gasteiger charge is 2.38. The molecule has 2 aromatic rings. The minimum atomic E-state index is -0.786. The minimum Gasteiger partial charge on any atom is -0.497 e. The van der Waals surface area contributed by atoms with Crippen molar-refractivity contribution in [3.05, 3.63) is 64.3 Å². The van der Waals surface area contributed by atoms with Gasteiger partial charge in [0.1, 0.15) is 16.0 Å². The first kappa shape index (κ1) is 26.2. The highest BCUT2D eigenvalue weighted by atomic mass is 79.9. The van der Waals surface area contributed by atoms with E-state index in [2.05, 4.69) is 36.5 Å². The molecule has 2 aromatic carbocycles. The van der Waals surface area contributed by atoms with Gasteiger partial charge in [-0.3, -0.25) is 14.5 Å². The molecular formula is C25H28BrN5O4S. The molecule has 0 spiro atoms. The molecule has 4 rings (SSSR count). The van der Waals surface area contributed by atoms with Crippen molar-refractivity contribution in [3.8, 4) is 5.75 Å². The van der Waals surface area contributed by atoms with Crippen LogP contribution in [-0.4, -0.2) is 73.5 Å². The molecule has 2 heterocycles. The van der Waals surface area contributed by atoms with Gasteiger partial charge in [0.05, 0.1) is 31.6 Å². The number of amides is 2. The number of aliphatic imine (C=N–C) groups is 1. The summed E-state index contributed by atoms with van der Waals surface area (Å²) in [4.78, 5) is 33.2. The number of carbonyl (C=O) groups is 2. The molecule has 9 nitrogen and oxygen atoms in total. The molecule has 0 aliphatic carbocycles. The molecule has 1 atom stereocenters. The van der Waals surface area contributed by atoms with E-state index in [1.54, 1.807) is 43.5 Å². The molecule has 0 radical (unpaired) electrons. The Hall–Kier alpha value is -2.86. The van der Waals surface area contributed by atoms with Crippen molar-refractivity contribution >= 4 is 55.9 Å². The summed E-state index contributed by atoms with van der Waals surface area (Å²) in [6, 6.07) is 14.4. The lowest BCUT2D eigenvalue weighted by atomic mass is 10.1. The van der Waals surface area contributed by atoms with Crippen molar-refractivity contribution in [3.63, 3.8) is 0 Å². The standard InChI is InChI=1S/C25H28BrN5O4S/c1-34-19-8-6-18(7-9-19)30-25-20(23(32)28-10-11-31-12-14-35-15-13-31)21(27)22(36-25)24(33)29-17-4-2-16(26)3-5-17/h2-9,22H,10-15,27H2,1H3,(H,28,32)(H,29,33)/t22-/m1/s1. The maximum Gasteiger partial charge on any atom is 0.255 e. The lowest BCUT2D eigenvalue weighted by Gasteiger charge is -2.26. The Labute approximate surface area is 222 Å². The van der Waals surface area contributed by atoms with Gasteiger partial charge in [-0.25, -0.2) is 4.99 Å². The number of rotatable bonds is 8. The third-order valence-electron chi connectivity index (χ3n) is 5.71. The number of morpholine rings is 1. The summed E-state index contributed by atoms with van der Waals surface area (Å²) in [6.07, 6.45) is 0. The lowest BCUT2D eigenvalue weighted by molar-refractivity contribution is -0.117. The average Bonchev–Trinajstić information content (AvgIpc) is 3.22. The van der Waals surface area contributed by atoms with Crippen molar-refractivity contribution in [2.24, 2.45) is 10.7 Å². The van der Waals surface area contributed by atoms with Crippen molar-refractivity contribution in [1.82, 2.24) is 10.2 Å². The molecule has 2 aliphatic heterocycles. The fourth-order valence-electron chi connectivity index (χ4n) is 3.75. The zero-order chi connectivity index (χ0) is 25.5. The Balaban J connectivity index is 1.53. The number of methoxy groups -OCH3 is 1. The fourth-order valence-corrected chi connectivity index (χ4v) is 5.13. The third-order valence-corrected chi connectivity index (χ3v) is 7.46. The van der Waals surface area contributed by atoms with Crippen LogP contribution >= 0.6 is 27.7 Å². The van der Waals surface area contributed by atoms with Gasteiger partial charge >= 0.3 is 0 Å². The minimum absolute atomic E-state index is 0.186. The summed E-state index contributed by atoms with van der Waals surface area (Å²) in [6.45, 7) is 4.20. The maximum atomic E-state index is 13.2. The molecule has 0 aromatic heterocycles. The van der Waals surface area contributed by atoms with Crippen LogP contribution in [0.4, 0.5) is 11.4 Å². The Morgan fingerprint density at radius 3 is 2.53 bits per heavy atom. The quantitative estimate of drug-likeness (QED) is 0.444. The number of nitrogens with zero attached hydrogens (tertiary/aromatic N) is 2. The first-order valence-corrected chi connectivity index (χ1v) is 13.2. The monoisotopic (exact) mass is 573 g/mol. The Morgan fingerprint density at radius 1 is 1.17 bits per heavy atom. The molecule has 0 bridgehead atoms. The Kier molecular flexibility index (Phi) is 9.03.